The second-order valence-electron chi connectivity index (χ2n) is 7.79. The number of hydrogen-bond acceptors (Lipinski definition) is 6. The van der Waals surface area contributed by atoms with Gasteiger partial charge in [-0.25, -0.2) is 0 Å². The summed E-state index contributed by atoms with van der Waals surface area (Å²) in [6.07, 6.45) is 4.30. The van der Waals surface area contributed by atoms with E-state index in [0.29, 0.717) is 5.02 Å². The van der Waals surface area contributed by atoms with Crippen LogP contribution in [0.4, 0.5) is 0 Å². The molecule has 1 N–H and O–H groups in total. The van der Waals surface area contributed by atoms with Gasteiger partial charge in [0, 0.05) is 64.3 Å². The Morgan fingerprint density at radius 2 is 2.20 bits per heavy atom. The molecular formula is C23H20ClN3O2S. The van der Waals surface area contributed by atoms with E-state index >= 15 is 0 Å². The highest BCUT2D eigenvalue weighted by Crippen LogP contribution is 2.48. The van der Waals surface area contributed by atoms with Gasteiger partial charge >= 0.3 is 0 Å². The fourth-order valence-corrected chi connectivity index (χ4v) is 5.78. The van der Waals surface area contributed by atoms with Crippen molar-refractivity contribution in [1.29, 1.82) is 0 Å². The van der Waals surface area contributed by atoms with Crippen molar-refractivity contribution in [3.8, 4) is 16.9 Å². The Kier molecular flexibility index (Phi) is 4.33. The highest BCUT2D eigenvalue weighted by atomic mass is 35.5. The van der Waals surface area contributed by atoms with Crippen LogP contribution in [-0.2, 0) is 25.8 Å². The first kappa shape index (κ1) is 18.4. The van der Waals surface area contributed by atoms with Crippen molar-refractivity contribution in [2.24, 2.45) is 0 Å². The standard InChI is InChI=1S/C23H20ClN3O2S/c1-2-14-10-19-23(30-14)15(3-6-26-19)16-9-13(24)7-12-8-20(28-21(12)16)22-17-11-25-5-4-18(17)27-29-22/h3,6-7,9-10,20,25H,2,4-5,8,11H2,1H3/t20-/m1/s1. The molecule has 152 valence electrons. The van der Waals surface area contributed by atoms with Crippen molar-refractivity contribution in [2.45, 2.75) is 38.8 Å². The van der Waals surface area contributed by atoms with E-state index in [0.717, 1.165) is 77.3 Å². The molecule has 0 unspecified atom stereocenters. The van der Waals surface area contributed by atoms with Gasteiger partial charge in [-0.15, -0.1) is 11.3 Å². The van der Waals surface area contributed by atoms with Crippen LogP contribution in [0.1, 0.15) is 40.5 Å². The molecule has 0 amide bonds. The monoisotopic (exact) mass is 437 g/mol. The van der Waals surface area contributed by atoms with Gasteiger partial charge in [0.15, 0.2) is 11.9 Å². The summed E-state index contributed by atoms with van der Waals surface area (Å²) in [5, 5.41) is 8.41. The van der Waals surface area contributed by atoms with Crippen LogP contribution in [0.3, 0.4) is 0 Å². The molecule has 5 heterocycles. The number of nitrogens with zero attached hydrogens (tertiary/aromatic N) is 2. The maximum atomic E-state index is 6.54. The number of aryl methyl sites for hydroxylation is 1. The molecule has 2 aliphatic heterocycles. The number of aromatic nitrogens is 2. The SMILES string of the molecule is CCc1cc2nccc(-c3cc(Cl)cc4c3O[C@@H](c3onc5c3CNCC5)C4)c2s1. The summed E-state index contributed by atoms with van der Waals surface area (Å²) in [5.41, 5.74) is 6.45. The molecule has 0 spiro atoms. The zero-order valence-electron chi connectivity index (χ0n) is 16.5. The van der Waals surface area contributed by atoms with E-state index in [4.69, 9.17) is 20.9 Å². The molecule has 0 bridgehead atoms. The van der Waals surface area contributed by atoms with Gasteiger partial charge in [-0.1, -0.05) is 23.7 Å². The predicted octanol–water partition coefficient (Wildman–Crippen LogP) is 5.49. The van der Waals surface area contributed by atoms with Crippen molar-refractivity contribution in [3.05, 3.63) is 62.9 Å². The Morgan fingerprint density at radius 3 is 3.10 bits per heavy atom. The van der Waals surface area contributed by atoms with Gasteiger partial charge in [-0.3, -0.25) is 4.98 Å². The largest absolute Gasteiger partial charge is 0.481 e. The third-order valence-electron chi connectivity index (χ3n) is 5.93. The molecule has 2 aliphatic rings. The van der Waals surface area contributed by atoms with E-state index in [9.17, 15) is 0 Å². The quantitative estimate of drug-likeness (QED) is 0.459. The number of fused-ring (bicyclic) bond motifs is 3. The summed E-state index contributed by atoms with van der Waals surface area (Å²) in [6, 6.07) is 8.24. The van der Waals surface area contributed by atoms with Gasteiger partial charge in [-0.05, 0) is 30.7 Å². The number of halogens is 1. The minimum atomic E-state index is -0.180. The number of benzene rings is 1. The van der Waals surface area contributed by atoms with Gasteiger partial charge in [-0.2, -0.15) is 0 Å². The van der Waals surface area contributed by atoms with Crippen molar-refractivity contribution < 1.29 is 9.26 Å². The van der Waals surface area contributed by atoms with E-state index in [-0.39, 0.29) is 6.10 Å². The average molecular weight is 438 g/mol. The van der Waals surface area contributed by atoms with Gasteiger partial charge in [0.25, 0.3) is 0 Å². The zero-order chi connectivity index (χ0) is 20.2. The Morgan fingerprint density at radius 1 is 1.27 bits per heavy atom. The van der Waals surface area contributed by atoms with E-state index in [1.54, 1.807) is 11.3 Å². The van der Waals surface area contributed by atoms with Gasteiger partial charge in [0.2, 0.25) is 0 Å². The second kappa shape index (κ2) is 7.08. The van der Waals surface area contributed by atoms with Crippen LogP contribution in [0.5, 0.6) is 5.75 Å². The summed E-state index contributed by atoms with van der Waals surface area (Å²) >= 11 is 8.33. The fourth-order valence-electron chi connectivity index (χ4n) is 4.46. The molecule has 7 heteroatoms. The average Bonchev–Trinajstić information content (AvgIpc) is 3.48. The van der Waals surface area contributed by atoms with E-state index in [1.807, 2.05) is 18.3 Å². The minimum Gasteiger partial charge on any atom is -0.481 e. The second-order valence-corrected chi connectivity index (χ2v) is 9.36. The third-order valence-corrected chi connectivity index (χ3v) is 7.45. The summed E-state index contributed by atoms with van der Waals surface area (Å²) in [6.45, 7) is 3.88. The number of ether oxygens (including phenoxy) is 1. The lowest BCUT2D eigenvalue weighted by molar-refractivity contribution is 0.189. The maximum Gasteiger partial charge on any atom is 0.182 e. The summed E-state index contributed by atoms with van der Waals surface area (Å²) in [4.78, 5) is 5.88. The summed E-state index contributed by atoms with van der Waals surface area (Å²) in [7, 11) is 0. The Balaban J connectivity index is 1.45. The first-order valence-corrected chi connectivity index (χ1v) is 11.5. The molecule has 4 aromatic rings. The van der Waals surface area contributed by atoms with Gasteiger partial charge < -0.3 is 14.6 Å². The topological polar surface area (TPSA) is 60.2 Å². The first-order chi connectivity index (χ1) is 14.7. The van der Waals surface area contributed by atoms with Crippen molar-refractivity contribution in [3.63, 3.8) is 0 Å². The summed E-state index contributed by atoms with van der Waals surface area (Å²) < 4.78 is 13.4. The predicted molar refractivity (Wildman–Crippen MR) is 118 cm³/mol. The van der Waals surface area contributed by atoms with Crippen molar-refractivity contribution in [2.75, 3.05) is 6.54 Å². The third kappa shape index (κ3) is 2.86. The minimum absolute atomic E-state index is 0.180. The van der Waals surface area contributed by atoms with Crippen LogP contribution >= 0.6 is 22.9 Å². The van der Waals surface area contributed by atoms with Gasteiger partial charge in [0.05, 0.1) is 15.9 Å². The fraction of sp³-hybridized carbons (Fsp3) is 0.304. The number of hydrogen-bond donors (Lipinski definition) is 1. The number of pyridine rings is 1. The number of rotatable bonds is 3. The lowest BCUT2D eigenvalue weighted by Crippen LogP contribution is -2.24. The van der Waals surface area contributed by atoms with Crippen molar-refractivity contribution >= 4 is 33.2 Å². The van der Waals surface area contributed by atoms with Crippen LogP contribution in [0.25, 0.3) is 21.3 Å². The highest BCUT2D eigenvalue weighted by Gasteiger charge is 2.34. The smallest absolute Gasteiger partial charge is 0.182 e. The lowest BCUT2D eigenvalue weighted by Gasteiger charge is -2.15. The molecule has 30 heavy (non-hydrogen) atoms. The van der Waals surface area contributed by atoms with E-state index in [2.05, 4.69) is 34.5 Å². The van der Waals surface area contributed by atoms with E-state index in [1.165, 1.54) is 9.58 Å². The molecule has 0 aliphatic carbocycles. The molecule has 6 rings (SSSR count). The maximum absolute atomic E-state index is 6.54. The van der Waals surface area contributed by atoms with Crippen LogP contribution in [0.2, 0.25) is 5.02 Å². The number of thiophene rings is 1. The van der Waals surface area contributed by atoms with Gasteiger partial charge in [0.1, 0.15) is 5.75 Å². The Bertz CT molecular complexity index is 1280. The summed E-state index contributed by atoms with van der Waals surface area (Å²) in [5.74, 6) is 1.72. The lowest BCUT2D eigenvalue weighted by atomic mass is 9.99. The molecule has 0 fully saturated rings. The molecule has 0 saturated heterocycles. The molecule has 0 saturated carbocycles. The van der Waals surface area contributed by atoms with Crippen LogP contribution in [-0.4, -0.2) is 16.7 Å². The molecule has 1 aromatic carbocycles. The molecule has 3 aromatic heterocycles. The Labute approximate surface area is 183 Å². The van der Waals surface area contributed by atoms with Crippen LogP contribution in [0, 0.1) is 0 Å². The van der Waals surface area contributed by atoms with Crippen LogP contribution < -0.4 is 10.1 Å². The molecule has 5 nitrogen and oxygen atoms in total. The first-order valence-electron chi connectivity index (χ1n) is 10.3. The Hall–Kier alpha value is -2.41. The molecule has 0 radical (unpaired) electrons. The normalized spacial score (nSPS) is 17.7. The molecule has 1 atom stereocenters. The van der Waals surface area contributed by atoms with E-state index < -0.39 is 0 Å². The van der Waals surface area contributed by atoms with Crippen molar-refractivity contribution in [1.82, 2.24) is 15.5 Å². The van der Waals surface area contributed by atoms with Crippen LogP contribution in [0.15, 0.2) is 35.0 Å². The molecular weight excluding hydrogens is 418 g/mol. The zero-order valence-corrected chi connectivity index (χ0v) is 18.1. The highest BCUT2D eigenvalue weighted by molar-refractivity contribution is 7.19. The number of nitrogens with one attached hydrogen (secondary N) is 1.